The highest BCUT2D eigenvalue weighted by Crippen LogP contribution is 2.66. The minimum atomic E-state index is -4.93. The van der Waals surface area contributed by atoms with Gasteiger partial charge in [0.2, 0.25) is 0 Å². The van der Waals surface area contributed by atoms with Gasteiger partial charge in [-0.3, -0.25) is 9.88 Å². The van der Waals surface area contributed by atoms with Crippen LogP contribution in [0.4, 0.5) is 37.8 Å². The van der Waals surface area contributed by atoms with Crippen LogP contribution in [0.15, 0.2) is 30.2 Å². The first kappa shape index (κ1) is 30.0. The number of nitrogens with zero attached hydrogens (tertiary/aromatic N) is 5. The van der Waals surface area contributed by atoms with Crippen molar-refractivity contribution in [1.29, 1.82) is 0 Å². The predicted octanol–water partition coefficient (Wildman–Crippen LogP) is 7.27. The van der Waals surface area contributed by atoms with Crippen molar-refractivity contribution in [3.63, 3.8) is 0 Å². The number of benzene rings is 1. The van der Waals surface area contributed by atoms with E-state index in [-0.39, 0.29) is 46.4 Å². The van der Waals surface area contributed by atoms with Crippen molar-refractivity contribution in [3.8, 4) is 17.3 Å². The lowest BCUT2D eigenvalue weighted by Crippen LogP contribution is -2.49. The van der Waals surface area contributed by atoms with Crippen molar-refractivity contribution < 1.29 is 31.1 Å². The second kappa shape index (κ2) is 10.3. The monoisotopic (exact) mass is 664 g/mol. The fourth-order valence-corrected chi connectivity index (χ4v) is 8.79. The Kier molecular flexibility index (Phi) is 6.75. The molecule has 2 saturated carbocycles. The number of nitrogens with two attached hydrogens (primary N) is 1. The standard InChI is InChI=1S/C32H31ClF6N6O/c33-21-10-17(40)9-19(22(21)32(37,38)39)25-24(36)26-20(13-41-25)28(45-7-2-1-3-18-23(35)27(18)45)43-29(42-26)46-15-31-11-16(12-34)14-44(31)8-6-30(31)4-5-30/h9-10,12-13,18,23,27H,1-8,11,14-15,40H2/b16-12-/t18-,23-,27-,31-/m0/s1. The number of fused-ring (bicyclic) bond motifs is 4. The maximum atomic E-state index is 16.6. The Morgan fingerprint density at radius 2 is 1.93 bits per heavy atom. The summed E-state index contributed by atoms with van der Waals surface area (Å²) < 4.78 is 94.0. The smallest absolute Gasteiger partial charge is 0.418 e. The molecule has 4 atom stereocenters. The van der Waals surface area contributed by atoms with Gasteiger partial charge in [-0.15, -0.1) is 0 Å². The number of anilines is 2. The van der Waals surface area contributed by atoms with E-state index in [1.54, 1.807) is 4.90 Å². The Balaban J connectivity index is 1.26. The van der Waals surface area contributed by atoms with Crippen LogP contribution in [0.1, 0.15) is 50.5 Å². The molecular weight excluding hydrogens is 634 g/mol. The maximum absolute atomic E-state index is 16.6. The van der Waals surface area contributed by atoms with E-state index < -0.39 is 51.6 Å². The summed E-state index contributed by atoms with van der Waals surface area (Å²) in [5, 5.41) is -0.568. The summed E-state index contributed by atoms with van der Waals surface area (Å²) in [4.78, 5) is 17.2. The Labute approximate surface area is 265 Å². The molecule has 3 aromatic rings. The molecule has 2 aliphatic carbocycles. The van der Waals surface area contributed by atoms with Gasteiger partial charge in [0.1, 0.15) is 29.8 Å². The lowest BCUT2D eigenvalue weighted by Gasteiger charge is -2.37. The van der Waals surface area contributed by atoms with Crippen LogP contribution < -0.4 is 15.4 Å². The lowest BCUT2D eigenvalue weighted by molar-refractivity contribution is -0.137. The van der Waals surface area contributed by atoms with Crippen LogP contribution in [0.25, 0.3) is 22.2 Å². The summed E-state index contributed by atoms with van der Waals surface area (Å²) in [7, 11) is 0. The topological polar surface area (TPSA) is 80.4 Å². The molecule has 2 aromatic heterocycles. The van der Waals surface area contributed by atoms with Crippen LogP contribution in [0.3, 0.4) is 0 Å². The van der Waals surface area contributed by atoms with Crippen LogP contribution in [0.2, 0.25) is 5.02 Å². The quantitative estimate of drug-likeness (QED) is 0.227. The number of nitrogen functional groups attached to an aromatic ring is 1. The summed E-state index contributed by atoms with van der Waals surface area (Å²) >= 11 is 5.97. The van der Waals surface area contributed by atoms with Crippen LogP contribution >= 0.6 is 11.6 Å². The van der Waals surface area contributed by atoms with Gasteiger partial charge < -0.3 is 15.4 Å². The molecule has 0 unspecified atom stereocenters. The second-order valence-electron chi connectivity index (χ2n) is 13.4. The molecule has 0 amide bonds. The largest absolute Gasteiger partial charge is 0.461 e. The molecule has 46 heavy (non-hydrogen) atoms. The van der Waals surface area contributed by atoms with E-state index in [1.165, 1.54) is 6.20 Å². The second-order valence-corrected chi connectivity index (χ2v) is 13.8. The van der Waals surface area contributed by atoms with Gasteiger partial charge in [-0.05, 0) is 68.2 Å². The van der Waals surface area contributed by atoms with E-state index in [0.717, 1.165) is 50.8 Å². The van der Waals surface area contributed by atoms with Gasteiger partial charge in [-0.1, -0.05) is 18.0 Å². The van der Waals surface area contributed by atoms with Gasteiger partial charge in [0.05, 0.1) is 33.9 Å². The summed E-state index contributed by atoms with van der Waals surface area (Å²) in [6.45, 7) is 1.86. The molecule has 3 aliphatic heterocycles. The van der Waals surface area contributed by atoms with E-state index in [4.69, 9.17) is 22.1 Å². The van der Waals surface area contributed by atoms with Gasteiger partial charge in [0, 0.05) is 36.5 Å². The highest BCUT2D eigenvalue weighted by atomic mass is 35.5. The highest BCUT2D eigenvalue weighted by molar-refractivity contribution is 6.32. The van der Waals surface area contributed by atoms with Crippen LogP contribution in [0.5, 0.6) is 6.01 Å². The third kappa shape index (κ3) is 4.47. The Bertz CT molecular complexity index is 1780. The number of pyridine rings is 1. The predicted molar refractivity (Wildman–Crippen MR) is 160 cm³/mol. The molecule has 1 spiro atoms. The third-order valence-corrected chi connectivity index (χ3v) is 11.3. The first-order valence-corrected chi connectivity index (χ1v) is 15.9. The Hall–Kier alpha value is -3.32. The maximum Gasteiger partial charge on any atom is 0.418 e. The normalized spacial score (nSPS) is 29.3. The van der Waals surface area contributed by atoms with Gasteiger partial charge in [-0.25, -0.2) is 13.2 Å². The van der Waals surface area contributed by atoms with Gasteiger partial charge in [0.15, 0.2) is 5.82 Å². The van der Waals surface area contributed by atoms with Crippen molar-refractivity contribution in [2.75, 3.05) is 36.9 Å². The van der Waals surface area contributed by atoms with E-state index in [2.05, 4.69) is 19.9 Å². The summed E-state index contributed by atoms with van der Waals surface area (Å²) in [6, 6.07) is 1.27. The highest BCUT2D eigenvalue weighted by Gasteiger charge is 2.67. The molecule has 1 aromatic carbocycles. The molecule has 0 radical (unpaired) electrons. The number of aromatic nitrogens is 3. The lowest BCUT2D eigenvalue weighted by atomic mass is 9.80. The van der Waals surface area contributed by atoms with Gasteiger partial charge in [-0.2, -0.15) is 23.1 Å². The van der Waals surface area contributed by atoms with Crippen molar-refractivity contribution in [1.82, 2.24) is 19.9 Å². The fraction of sp³-hybridized carbons (Fsp3) is 0.531. The summed E-state index contributed by atoms with van der Waals surface area (Å²) in [6.07, 6.45) is 1.56. The number of alkyl halides is 4. The third-order valence-electron chi connectivity index (χ3n) is 11.0. The number of halogens is 7. The minimum Gasteiger partial charge on any atom is -0.461 e. The molecule has 8 rings (SSSR count). The molecule has 7 nitrogen and oxygen atoms in total. The first-order valence-electron chi connectivity index (χ1n) is 15.6. The van der Waals surface area contributed by atoms with Gasteiger partial charge in [0.25, 0.3) is 0 Å². The Morgan fingerprint density at radius 3 is 2.67 bits per heavy atom. The zero-order valence-electron chi connectivity index (χ0n) is 24.7. The molecule has 3 saturated heterocycles. The average molecular weight is 665 g/mol. The zero-order valence-corrected chi connectivity index (χ0v) is 25.4. The fourth-order valence-electron chi connectivity index (χ4n) is 8.46. The molecule has 5 aliphatic rings. The van der Waals surface area contributed by atoms with Gasteiger partial charge >= 0.3 is 12.2 Å². The van der Waals surface area contributed by atoms with E-state index in [9.17, 15) is 22.0 Å². The van der Waals surface area contributed by atoms with Crippen LogP contribution in [0, 0.1) is 17.2 Å². The summed E-state index contributed by atoms with van der Waals surface area (Å²) in [5.41, 5.74) is 3.05. The molecule has 5 heterocycles. The van der Waals surface area contributed by atoms with Crippen molar-refractivity contribution >= 4 is 34.0 Å². The number of rotatable bonds is 5. The average Bonchev–Trinajstić information content (AvgIpc) is 3.87. The van der Waals surface area contributed by atoms with Crippen LogP contribution in [-0.4, -0.2) is 63.8 Å². The minimum absolute atomic E-state index is 0.0201. The Morgan fingerprint density at radius 1 is 1.13 bits per heavy atom. The van der Waals surface area contributed by atoms with Crippen molar-refractivity contribution in [2.24, 2.45) is 11.3 Å². The number of hydrogen-bond donors (Lipinski definition) is 1. The molecule has 14 heteroatoms. The number of hydrogen-bond acceptors (Lipinski definition) is 7. The van der Waals surface area contributed by atoms with E-state index in [1.807, 2.05) is 0 Å². The van der Waals surface area contributed by atoms with Crippen LogP contribution in [-0.2, 0) is 6.18 Å². The SMILES string of the molecule is Nc1cc(Cl)c(C(F)(F)F)c(-c2ncc3c(N4CCCC[C@H]5[C@H](F)[C@H]54)nc(OC[C@]45C/C(=C/F)CN4CCC54CC4)nc3c2F)c1. The zero-order chi connectivity index (χ0) is 32.2. The summed E-state index contributed by atoms with van der Waals surface area (Å²) in [5.74, 6) is -1.11. The van der Waals surface area contributed by atoms with Crippen molar-refractivity contribution in [2.45, 2.75) is 68.9 Å². The van der Waals surface area contributed by atoms with E-state index in [0.29, 0.717) is 37.8 Å². The molecule has 5 fully saturated rings. The first-order chi connectivity index (χ1) is 22.0. The number of ether oxygens (including phenoxy) is 1. The molecule has 2 N–H and O–H groups in total. The van der Waals surface area contributed by atoms with E-state index >= 15 is 4.39 Å². The molecular formula is C32H31ClF6N6O. The molecule has 244 valence electrons. The molecule has 0 bridgehead atoms. The van der Waals surface area contributed by atoms with Crippen molar-refractivity contribution in [3.05, 3.63) is 46.6 Å².